The molecule has 0 radical (unpaired) electrons. The second kappa shape index (κ2) is 3.69. The van der Waals surface area contributed by atoms with E-state index in [1.807, 2.05) is 0 Å². The van der Waals surface area contributed by atoms with E-state index >= 15 is 0 Å². The van der Waals surface area contributed by atoms with E-state index in [1.54, 1.807) is 19.1 Å². The summed E-state index contributed by atoms with van der Waals surface area (Å²) in [6, 6.07) is 7.50. The average molecular weight is 218 g/mol. The van der Waals surface area contributed by atoms with Gasteiger partial charge in [0, 0.05) is 11.8 Å². The van der Waals surface area contributed by atoms with Crippen molar-refractivity contribution in [1.29, 1.82) is 0 Å². The van der Waals surface area contributed by atoms with Gasteiger partial charge in [0.25, 0.3) is 5.56 Å². The van der Waals surface area contributed by atoms with Crippen LogP contribution in [0.2, 0.25) is 0 Å². The fourth-order valence-corrected chi connectivity index (χ4v) is 1.53. The first-order chi connectivity index (χ1) is 7.58. The molecule has 5 nitrogen and oxygen atoms in total. The molecule has 0 bridgehead atoms. The summed E-state index contributed by atoms with van der Waals surface area (Å²) in [5.74, 6) is 0.124. The minimum atomic E-state index is -0.490. The summed E-state index contributed by atoms with van der Waals surface area (Å²) in [6.07, 6.45) is 0. The number of aromatic hydroxyl groups is 1. The Morgan fingerprint density at radius 2 is 1.81 bits per heavy atom. The number of aryl methyl sites for hydroxylation is 1. The van der Waals surface area contributed by atoms with Crippen LogP contribution in [0.3, 0.4) is 0 Å². The van der Waals surface area contributed by atoms with E-state index in [-0.39, 0.29) is 5.75 Å². The molecule has 0 fully saturated rings. The quantitative estimate of drug-likeness (QED) is 0.733. The summed E-state index contributed by atoms with van der Waals surface area (Å²) in [5, 5.41) is 9.14. The maximum absolute atomic E-state index is 11.6. The number of benzene rings is 1. The van der Waals surface area contributed by atoms with E-state index in [2.05, 4.69) is 4.98 Å². The SMILES string of the molecule is Cc1cc(=O)[nH]c(=O)n1-c1ccc(O)cc1. The summed E-state index contributed by atoms with van der Waals surface area (Å²) >= 11 is 0. The molecule has 16 heavy (non-hydrogen) atoms. The predicted molar refractivity (Wildman–Crippen MR) is 59.1 cm³/mol. The fraction of sp³-hybridized carbons (Fsp3) is 0.0909. The Balaban J connectivity index is 2.69. The second-order valence-electron chi connectivity index (χ2n) is 3.43. The number of H-pyrrole nitrogens is 1. The molecule has 2 aromatic rings. The Morgan fingerprint density at radius 1 is 1.19 bits per heavy atom. The van der Waals surface area contributed by atoms with Gasteiger partial charge in [-0.05, 0) is 31.2 Å². The molecule has 0 aliphatic rings. The van der Waals surface area contributed by atoms with Crippen molar-refractivity contribution >= 4 is 0 Å². The third-order valence-electron chi connectivity index (χ3n) is 2.23. The number of rotatable bonds is 1. The van der Waals surface area contributed by atoms with Gasteiger partial charge in [-0.25, -0.2) is 4.79 Å². The van der Waals surface area contributed by atoms with E-state index in [0.29, 0.717) is 11.4 Å². The Kier molecular flexibility index (Phi) is 2.36. The van der Waals surface area contributed by atoms with Crippen LogP contribution in [0, 0.1) is 6.92 Å². The first-order valence-electron chi connectivity index (χ1n) is 4.70. The van der Waals surface area contributed by atoms with Crippen LogP contribution < -0.4 is 11.2 Å². The molecular formula is C11H10N2O3. The largest absolute Gasteiger partial charge is 0.508 e. The van der Waals surface area contributed by atoms with Crippen molar-refractivity contribution in [3.63, 3.8) is 0 Å². The Bertz CT molecular complexity index is 623. The van der Waals surface area contributed by atoms with Crippen LogP contribution in [0.15, 0.2) is 39.9 Å². The van der Waals surface area contributed by atoms with Gasteiger partial charge in [0.05, 0.1) is 5.69 Å². The van der Waals surface area contributed by atoms with E-state index in [4.69, 9.17) is 5.11 Å². The van der Waals surface area contributed by atoms with E-state index in [9.17, 15) is 9.59 Å². The van der Waals surface area contributed by atoms with E-state index in [0.717, 1.165) is 0 Å². The van der Waals surface area contributed by atoms with Crippen LogP contribution in [0.1, 0.15) is 5.69 Å². The summed E-state index contributed by atoms with van der Waals surface area (Å²) < 4.78 is 1.36. The van der Waals surface area contributed by atoms with E-state index in [1.165, 1.54) is 22.8 Å². The standard InChI is InChI=1S/C11H10N2O3/c1-7-6-10(15)12-11(16)13(7)8-2-4-9(14)5-3-8/h2-6,14H,1H3,(H,12,15,16). The maximum atomic E-state index is 11.6. The van der Waals surface area contributed by atoms with Gasteiger partial charge in [-0.15, -0.1) is 0 Å². The summed E-state index contributed by atoms with van der Waals surface area (Å²) in [5.41, 5.74) is 0.226. The lowest BCUT2D eigenvalue weighted by molar-refractivity contribution is 0.475. The highest BCUT2D eigenvalue weighted by Crippen LogP contribution is 2.12. The van der Waals surface area contributed by atoms with Gasteiger partial charge in [0.1, 0.15) is 5.75 Å². The molecule has 0 unspecified atom stereocenters. The molecule has 82 valence electrons. The zero-order valence-electron chi connectivity index (χ0n) is 8.60. The van der Waals surface area contributed by atoms with Crippen molar-refractivity contribution in [2.75, 3.05) is 0 Å². The lowest BCUT2D eigenvalue weighted by Gasteiger charge is -2.08. The minimum Gasteiger partial charge on any atom is -0.508 e. The van der Waals surface area contributed by atoms with Crippen molar-refractivity contribution < 1.29 is 5.11 Å². The normalized spacial score (nSPS) is 10.3. The summed E-state index contributed by atoms with van der Waals surface area (Å²) in [7, 11) is 0. The second-order valence-corrected chi connectivity index (χ2v) is 3.43. The zero-order chi connectivity index (χ0) is 11.7. The average Bonchev–Trinajstić information content (AvgIpc) is 2.19. The summed E-state index contributed by atoms with van der Waals surface area (Å²) in [4.78, 5) is 24.8. The smallest absolute Gasteiger partial charge is 0.333 e. The van der Waals surface area contributed by atoms with Gasteiger partial charge in [-0.3, -0.25) is 14.3 Å². The van der Waals surface area contributed by atoms with Crippen LogP contribution in [-0.4, -0.2) is 14.7 Å². The third kappa shape index (κ3) is 1.75. The molecule has 0 aliphatic carbocycles. The molecule has 1 aromatic carbocycles. The van der Waals surface area contributed by atoms with Crippen molar-refractivity contribution in [2.45, 2.75) is 6.92 Å². The van der Waals surface area contributed by atoms with Gasteiger partial charge in [0.2, 0.25) is 0 Å². The Morgan fingerprint density at radius 3 is 2.38 bits per heavy atom. The number of phenols is 1. The van der Waals surface area contributed by atoms with Crippen molar-refractivity contribution in [3.05, 3.63) is 56.9 Å². The molecule has 0 atom stereocenters. The fourth-order valence-electron chi connectivity index (χ4n) is 1.53. The van der Waals surface area contributed by atoms with Gasteiger partial charge in [-0.2, -0.15) is 0 Å². The molecule has 2 rings (SSSR count). The Labute approximate surface area is 90.6 Å². The van der Waals surface area contributed by atoms with Crippen LogP contribution in [0.25, 0.3) is 5.69 Å². The number of hydrogen-bond acceptors (Lipinski definition) is 3. The van der Waals surface area contributed by atoms with Gasteiger partial charge in [-0.1, -0.05) is 0 Å². The first-order valence-corrected chi connectivity index (χ1v) is 4.70. The zero-order valence-corrected chi connectivity index (χ0v) is 8.60. The molecule has 5 heteroatoms. The maximum Gasteiger partial charge on any atom is 0.333 e. The molecule has 1 heterocycles. The van der Waals surface area contributed by atoms with Gasteiger partial charge < -0.3 is 5.11 Å². The van der Waals surface area contributed by atoms with Crippen LogP contribution in [0.4, 0.5) is 0 Å². The van der Waals surface area contributed by atoms with Crippen molar-refractivity contribution in [3.8, 4) is 11.4 Å². The number of aromatic amines is 1. The molecule has 1 aromatic heterocycles. The number of nitrogens with one attached hydrogen (secondary N) is 1. The predicted octanol–water partition coefficient (Wildman–Crippen LogP) is 0.540. The summed E-state index contributed by atoms with van der Waals surface area (Å²) in [6.45, 7) is 1.67. The molecular weight excluding hydrogens is 208 g/mol. The lowest BCUT2D eigenvalue weighted by Crippen LogP contribution is -2.29. The number of aromatic nitrogens is 2. The topological polar surface area (TPSA) is 75.1 Å². The molecule has 0 amide bonds. The third-order valence-corrected chi connectivity index (χ3v) is 2.23. The lowest BCUT2D eigenvalue weighted by atomic mass is 10.3. The van der Waals surface area contributed by atoms with Crippen LogP contribution >= 0.6 is 0 Å². The number of nitrogens with zero attached hydrogens (tertiary/aromatic N) is 1. The van der Waals surface area contributed by atoms with Crippen molar-refractivity contribution in [1.82, 2.24) is 9.55 Å². The van der Waals surface area contributed by atoms with Gasteiger partial charge in [0.15, 0.2) is 0 Å². The highest BCUT2D eigenvalue weighted by Gasteiger charge is 2.04. The molecule has 0 spiro atoms. The molecule has 2 N–H and O–H groups in total. The van der Waals surface area contributed by atoms with Crippen LogP contribution in [-0.2, 0) is 0 Å². The minimum absolute atomic E-state index is 0.124. The van der Waals surface area contributed by atoms with E-state index < -0.39 is 11.2 Å². The Hall–Kier alpha value is -2.30. The van der Waals surface area contributed by atoms with Crippen LogP contribution in [0.5, 0.6) is 5.75 Å². The number of hydrogen-bond donors (Lipinski definition) is 2. The number of phenolic OH excluding ortho intramolecular Hbond substituents is 1. The first kappa shape index (κ1) is 10.2. The highest BCUT2D eigenvalue weighted by atomic mass is 16.3. The molecule has 0 aliphatic heterocycles. The van der Waals surface area contributed by atoms with Gasteiger partial charge >= 0.3 is 5.69 Å². The molecule has 0 saturated heterocycles. The molecule has 0 saturated carbocycles. The highest BCUT2D eigenvalue weighted by molar-refractivity contribution is 5.37. The monoisotopic (exact) mass is 218 g/mol. The van der Waals surface area contributed by atoms with Crippen molar-refractivity contribution in [2.24, 2.45) is 0 Å².